The lowest BCUT2D eigenvalue weighted by molar-refractivity contribution is 1.19. The molecule has 0 saturated carbocycles. The largest absolute Gasteiger partial charge is 0.256 e. The summed E-state index contributed by atoms with van der Waals surface area (Å²) in [4.78, 5) is 20.2. The summed E-state index contributed by atoms with van der Waals surface area (Å²) in [5, 5.41) is 9.33. The van der Waals surface area contributed by atoms with Gasteiger partial charge in [0.2, 0.25) is 0 Å². The molecule has 0 radical (unpaired) electrons. The van der Waals surface area contributed by atoms with Crippen LogP contribution in [0.2, 0.25) is 0 Å². The molecule has 12 aromatic rings. The highest BCUT2D eigenvalue weighted by Crippen LogP contribution is 2.44. The molecule has 0 amide bonds. The normalized spacial score (nSPS) is 11.5. The Balaban J connectivity index is 1.04. The summed E-state index contributed by atoms with van der Waals surface area (Å²) in [7, 11) is 0. The fourth-order valence-electron chi connectivity index (χ4n) is 9.02. The van der Waals surface area contributed by atoms with Gasteiger partial charge in [-0.1, -0.05) is 170 Å². The summed E-state index contributed by atoms with van der Waals surface area (Å²) in [6, 6.07) is 73.1. The number of aromatic nitrogens is 4. The molecule has 0 bridgehead atoms. The minimum atomic E-state index is 0.662. The molecule has 9 aromatic carbocycles. The van der Waals surface area contributed by atoms with Crippen molar-refractivity contribution >= 4 is 54.1 Å². The first-order chi connectivity index (χ1) is 30.7. The molecule has 62 heavy (non-hydrogen) atoms. The van der Waals surface area contributed by atoms with Crippen molar-refractivity contribution in [3.05, 3.63) is 219 Å². The van der Waals surface area contributed by atoms with Crippen molar-refractivity contribution in [2.45, 2.75) is 0 Å². The van der Waals surface area contributed by atoms with E-state index in [4.69, 9.17) is 19.9 Å². The highest BCUT2D eigenvalue weighted by atomic mass is 14.9. The molecule has 4 nitrogen and oxygen atoms in total. The zero-order valence-corrected chi connectivity index (χ0v) is 33.6. The van der Waals surface area contributed by atoms with Crippen molar-refractivity contribution < 1.29 is 0 Å². The molecule has 0 unspecified atom stereocenters. The number of fused-ring (bicyclic) bond motifs is 5. The summed E-state index contributed by atoms with van der Waals surface area (Å²) in [6.07, 6.45) is 3.90. The molecule has 0 spiro atoms. The zero-order chi connectivity index (χ0) is 41.0. The Kier molecular flexibility index (Phi) is 8.46. The van der Waals surface area contributed by atoms with Gasteiger partial charge in [-0.15, -0.1) is 0 Å². The highest BCUT2D eigenvalue weighted by molar-refractivity contribution is 6.21. The quantitative estimate of drug-likeness (QED) is 0.158. The van der Waals surface area contributed by atoms with Crippen LogP contribution < -0.4 is 0 Å². The number of rotatable bonds is 6. The first kappa shape index (κ1) is 35.6. The molecule has 0 fully saturated rings. The van der Waals surface area contributed by atoms with Gasteiger partial charge in [0.25, 0.3) is 0 Å². The monoisotopic (exact) mass is 788 g/mol. The Hall–Kier alpha value is -8.34. The van der Waals surface area contributed by atoms with Crippen molar-refractivity contribution in [3.63, 3.8) is 0 Å². The maximum Gasteiger partial charge on any atom is 0.160 e. The topological polar surface area (TPSA) is 51.6 Å². The Bertz CT molecular complexity index is 3490. The average Bonchev–Trinajstić information content (AvgIpc) is 3.35. The number of benzene rings is 9. The fourth-order valence-corrected chi connectivity index (χ4v) is 9.02. The SMILES string of the molecule is c1ccc2cc(-c3c4ccccc4c(-c4cc(-c5ccc(-c6cnc7ccccc7c6)cc5)nc(-c5ccc(-c6cnc7ccccc7c6)cc5)n4)c4ccccc34)ccc2c1. The molecule has 12 rings (SSSR count). The second-order valence-electron chi connectivity index (χ2n) is 15.9. The lowest BCUT2D eigenvalue weighted by Gasteiger charge is -2.18. The first-order valence-corrected chi connectivity index (χ1v) is 20.9. The molecule has 4 heteroatoms. The lowest BCUT2D eigenvalue weighted by atomic mass is 9.86. The molecule has 0 aliphatic rings. The second kappa shape index (κ2) is 14.7. The van der Waals surface area contributed by atoms with Crippen molar-refractivity contribution in [2.75, 3.05) is 0 Å². The summed E-state index contributed by atoms with van der Waals surface area (Å²) in [5.41, 5.74) is 13.5. The molecule has 0 aliphatic heterocycles. The predicted molar refractivity (Wildman–Crippen MR) is 258 cm³/mol. The van der Waals surface area contributed by atoms with E-state index in [-0.39, 0.29) is 0 Å². The van der Waals surface area contributed by atoms with E-state index in [1.807, 2.05) is 36.7 Å². The van der Waals surface area contributed by atoms with Gasteiger partial charge in [-0.3, -0.25) is 9.97 Å². The molecular weight excluding hydrogens is 753 g/mol. The van der Waals surface area contributed by atoms with E-state index in [9.17, 15) is 0 Å². The molecule has 3 heterocycles. The Morgan fingerprint density at radius 3 is 1.26 bits per heavy atom. The van der Waals surface area contributed by atoms with Crippen LogP contribution in [-0.4, -0.2) is 19.9 Å². The van der Waals surface area contributed by atoms with Crippen LogP contribution in [0.1, 0.15) is 0 Å². The second-order valence-corrected chi connectivity index (χ2v) is 15.9. The molecule has 0 atom stereocenters. The van der Waals surface area contributed by atoms with Crippen LogP contribution >= 0.6 is 0 Å². The van der Waals surface area contributed by atoms with E-state index in [0.29, 0.717) is 5.82 Å². The number of pyridine rings is 2. The predicted octanol–water partition coefficient (Wildman–Crippen LogP) is 15.0. The van der Waals surface area contributed by atoms with Gasteiger partial charge in [0.1, 0.15) is 0 Å². The van der Waals surface area contributed by atoms with Gasteiger partial charge >= 0.3 is 0 Å². The number of nitrogens with zero attached hydrogens (tertiary/aromatic N) is 4. The number of hydrogen-bond acceptors (Lipinski definition) is 4. The maximum atomic E-state index is 5.45. The third-order valence-electron chi connectivity index (χ3n) is 12.1. The van der Waals surface area contributed by atoms with Crippen molar-refractivity contribution in [3.8, 4) is 67.3 Å². The minimum Gasteiger partial charge on any atom is -0.256 e. The van der Waals surface area contributed by atoms with Crippen LogP contribution in [0.5, 0.6) is 0 Å². The third kappa shape index (κ3) is 6.25. The van der Waals surface area contributed by atoms with Crippen molar-refractivity contribution in [1.29, 1.82) is 0 Å². The summed E-state index contributed by atoms with van der Waals surface area (Å²) >= 11 is 0. The third-order valence-corrected chi connectivity index (χ3v) is 12.1. The van der Waals surface area contributed by atoms with E-state index >= 15 is 0 Å². The van der Waals surface area contributed by atoms with Crippen molar-refractivity contribution in [1.82, 2.24) is 19.9 Å². The van der Waals surface area contributed by atoms with Crippen molar-refractivity contribution in [2.24, 2.45) is 0 Å². The molecule has 0 aliphatic carbocycles. The van der Waals surface area contributed by atoms with Crippen LogP contribution in [0.3, 0.4) is 0 Å². The smallest absolute Gasteiger partial charge is 0.160 e. The van der Waals surface area contributed by atoms with Gasteiger partial charge in [-0.25, -0.2) is 9.97 Å². The maximum absolute atomic E-state index is 5.45. The standard InChI is InChI=1S/C58H36N4/c1-2-12-42-31-45(30-25-37(42)11-1)56-48-15-5-7-17-50(48)57(51-18-8-6-16-49(51)56)55-34-54(40-26-21-38(22-27-40)46-32-43-13-3-9-19-52(43)59-35-46)61-58(62-55)41-28-23-39(24-29-41)47-33-44-14-4-10-20-53(44)60-36-47/h1-36H. The van der Waals surface area contributed by atoms with Gasteiger partial charge in [0.15, 0.2) is 5.82 Å². The van der Waals surface area contributed by atoms with E-state index in [0.717, 1.165) is 82.9 Å². The number of para-hydroxylation sites is 2. The van der Waals surface area contributed by atoms with Crippen LogP contribution in [-0.2, 0) is 0 Å². The molecule has 0 saturated heterocycles. The summed E-state index contributed by atoms with van der Waals surface area (Å²) < 4.78 is 0. The first-order valence-electron chi connectivity index (χ1n) is 20.9. The minimum absolute atomic E-state index is 0.662. The number of hydrogen-bond donors (Lipinski definition) is 0. The summed E-state index contributed by atoms with van der Waals surface area (Å²) in [5.74, 6) is 0.662. The average molecular weight is 789 g/mol. The Morgan fingerprint density at radius 1 is 0.258 bits per heavy atom. The van der Waals surface area contributed by atoms with Crippen LogP contribution in [0.25, 0.3) is 121 Å². The molecule has 3 aromatic heterocycles. The van der Waals surface area contributed by atoms with E-state index in [2.05, 4.69) is 182 Å². The molecule has 0 N–H and O–H groups in total. The van der Waals surface area contributed by atoms with E-state index < -0.39 is 0 Å². The Morgan fingerprint density at radius 2 is 0.677 bits per heavy atom. The van der Waals surface area contributed by atoms with Gasteiger partial charge < -0.3 is 0 Å². The highest BCUT2D eigenvalue weighted by Gasteiger charge is 2.20. The fraction of sp³-hybridized carbons (Fsp3) is 0. The van der Waals surface area contributed by atoms with Gasteiger partial charge in [-0.05, 0) is 91.0 Å². The zero-order valence-electron chi connectivity index (χ0n) is 33.6. The molecule has 288 valence electrons. The van der Waals surface area contributed by atoms with Gasteiger partial charge in [-0.2, -0.15) is 0 Å². The van der Waals surface area contributed by atoms with Crippen LogP contribution in [0.15, 0.2) is 219 Å². The Labute approximate surface area is 358 Å². The van der Waals surface area contributed by atoms with Gasteiger partial charge in [0.05, 0.1) is 22.4 Å². The van der Waals surface area contributed by atoms with Gasteiger partial charge in [0, 0.05) is 51.0 Å². The van der Waals surface area contributed by atoms with Crippen LogP contribution in [0.4, 0.5) is 0 Å². The van der Waals surface area contributed by atoms with Crippen LogP contribution in [0, 0.1) is 0 Å². The van der Waals surface area contributed by atoms with E-state index in [1.165, 1.54) is 32.7 Å². The van der Waals surface area contributed by atoms with E-state index in [1.54, 1.807) is 0 Å². The lowest BCUT2D eigenvalue weighted by Crippen LogP contribution is -1.98. The molecular formula is C58H36N4. The summed E-state index contributed by atoms with van der Waals surface area (Å²) in [6.45, 7) is 0.